The Bertz CT molecular complexity index is 562. The molecule has 1 saturated heterocycles. The summed E-state index contributed by atoms with van der Waals surface area (Å²) in [6.45, 7) is 0.185. The van der Waals surface area contributed by atoms with Gasteiger partial charge in [0.15, 0.2) is 0 Å². The molecule has 1 aromatic carbocycles. The van der Waals surface area contributed by atoms with Crippen LogP contribution in [0.5, 0.6) is 0 Å². The van der Waals surface area contributed by atoms with E-state index in [4.69, 9.17) is 25.3 Å². The van der Waals surface area contributed by atoms with E-state index < -0.39 is 22.0 Å². The van der Waals surface area contributed by atoms with Gasteiger partial charge in [-0.25, -0.2) is 0 Å². The summed E-state index contributed by atoms with van der Waals surface area (Å²) in [5.74, 6) is -0.948. The topological polar surface area (TPSA) is 61.8 Å². The van der Waals surface area contributed by atoms with Gasteiger partial charge >= 0.3 is 0 Å². The smallest absolute Gasteiger partial charge is 0.264 e. The molecule has 0 spiro atoms. The van der Waals surface area contributed by atoms with E-state index in [1.165, 1.54) is 0 Å². The van der Waals surface area contributed by atoms with E-state index in [2.05, 4.69) is 15.9 Å². The molecule has 2 rings (SSSR count). The zero-order valence-electron chi connectivity index (χ0n) is 10.7. The van der Waals surface area contributed by atoms with Crippen molar-refractivity contribution in [3.8, 4) is 0 Å². The summed E-state index contributed by atoms with van der Waals surface area (Å²) in [6.07, 6.45) is 0.553. The predicted octanol–water partition coefficient (Wildman–Crippen LogP) is 2.28. The van der Waals surface area contributed by atoms with E-state index >= 15 is 0 Å². The van der Waals surface area contributed by atoms with Crippen molar-refractivity contribution in [2.24, 2.45) is 0 Å². The first-order valence-corrected chi connectivity index (χ1v) is 9.14. The monoisotopic (exact) mass is 384 g/mol. The first-order valence-electron chi connectivity index (χ1n) is 5.83. The standard InChI is InChI=1S/C12H14BrClO5S/c1-20(15,16)18-7-11-6-17-12(8-13,19-11)9-2-4-10(14)5-3-9/h2-5,11H,6-8H2,1H3/t11-,12-/m1/s1. The zero-order chi connectivity index (χ0) is 14.8. The van der Waals surface area contributed by atoms with E-state index in [1.54, 1.807) is 12.1 Å². The van der Waals surface area contributed by atoms with Crippen LogP contribution in [0.3, 0.4) is 0 Å². The quantitative estimate of drug-likeness (QED) is 0.575. The van der Waals surface area contributed by atoms with Gasteiger partial charge in [0.05, 0.1) is 24.8 Å². The molecule has 1 fully saturated rings. The summed E-state index contributed by atoms with van der Waals surface area (Å²) in [4.78, 5) is 0. The lowest BCUT2D eigenvalue weighted by Crippen LogP contribution is -2.31. The lowest BCUT2D eigenvalue weighted by Gasteiger charge is -2.26. The molecule has 5 nitrogen and oxygen atoms in total. The molecule has 20 heavy (non-hydrogen) atoms. The lowest BCUT2D eigenvalue weighted by atomic mass is 10.1. The molecule has 8 heteroatoms. The normalized spacial score (nSPS) is 26.9. The maximum Gasteiger partial charge on any atom is 0.264 e. The van der Waals surface area contributed by atoms with E-state index in [-0.39, 0.29) is 13.2 Å². The summed E-state index contributed by atoms with van der Waals surface area (Å²) in [5, 5.41) is 1.03. The van der Waals surface area contributed by atoms with Crippen LogP contribution in [-0.4, -0.2) is 39.3 Å². The highest BCUT2D eigenvalue weighted by atomic mass is 79.9. The van der Waals surface area contributed by atoms with Crippen LogP contribution >= 0.6 is 27.5 Å². The summed E-state index contributed by atoms with van der Waals surface area (Å²) in [6, 6.07) is 7.11. The van der Waals surface area contributed by atoms with E-state index in [9.17, 15) is 8.42 Å². The molecule has 1 heterocycles. The number of benzene rings is 1. The van der Waals surface area contributed by atoms with Crippen molar-refractivity contribution in [1.29, 1.82) is 0 Å². The Morgan fingerprint density at radius 2 is 2.10 bits per heavy atom. The third kappa shape index (κ3) is 3.93. The van der Waals surface area contributed by atoms with Gasteiger partial charge in [0, 0.05) is 10.6 Å². The Morgan fingerprint density at radius 1 is 1.45 bits per heavy atom. The van der Waals surface area contributed by atoms with Crippen LogP contribution in [0.25, 0.3) is 0 Å². The molecule has 1 aliphatic heterocycles. The molecule has 1 aliphatic rings. The molecule has 1 aromatic rings. The minimum atomic E-state index is -3.49. The number of ether oxygens (including phenoxy) is 2. The fourth-order valence-corrected chi connectivity index (χ4v) is 2.99. The zero-order valence-corrected chi connectivity index (χ0v) is 13.9. The van der Waals surface area contributed by atoms with Gasteiger partial charge < -0.3 is 9.47 Å². The van der Waals surface area contributed by atoms with Crippen molar-refractivity contribution >= 4 is 37.6 Å². The molecule has 0 aromatic heterocycles. The second kappa shape index (κ2) is 6.29. The molecule has 112 valence electrons. The van der Waals surface area contributed by atoms with Crippen LogP contribution in [0.15, 0.2) is 24.3 Å². The fraction of sp³-hybridized carbons (Fsp3) is 0.500. The molecule has 0 N–H and O–H groups in total. The molecule has 0 unspecified atom stereocenters. The van der Waals surface area contributed by atoms with Crippen LogP contribution < -0.4 is 0 Å². The maximum atomic E-state index is 11.0. The van der Waals surface area contributed by atoms with Gasteiger partial charge in [0.1, 0.15) is 6.10 Å². The minimum absolute atomic E-state index is 0.0683. The predicted molar refractivity (Wildman–Crippen MR) is 78.5 cm³/mol. The van der Waals surface area contributed by atoms with Crippen LogP contribution in [0.2, 0.25) is 5.02 Å². The maximum absolute atomic E-state index is 11.0. The Kier molecular flexibility index (Phi) is 5.09. The van der Waals surface area contributed by atoms with Gasteiger partial charge in [0.25, 0.3) is 10.1 Å². The minimum Gasteiger partial charge on any atom is -0.342 e. The molecule has 2 atom stereocenters. The molecule has 0 amide bonds. The van der Waals surface area contributed by atoms with Crippen molar-refractivity contribution in [3.63, 3.8) is 0 Å². The highest BCUT2D eigenvalue weighted by molar-refractivity contribution is 9.09. The summed E-state index contributed by atoms with van der Waals surface area (Å²) in [5.41, 5.74) is 0.806. The van der Waals surface area contributed by atoms with Crippen LogP contribution in [0.4, 0.5) is 0 Å². The van der Waals surface area contributed by atoms with Gasteiger partial charge in [0.2, 0.25) is 5.79 Å². The molecule has 0 bridgehead atoms. The third-order valence-electron chi connectivity index (χ3n) is 2.79. The number of hydrogen-bond donors (Lipinski definition) is 0. The highest BCUT2D eigenvalue weighted by Gasteiger charge is 2.42. The van der Waals surface area contributed by atoms with Crippen LogP contribution in [-0.2, 0) is 29.6 Å². The fourth-order valence-electron chi connectivity index (χ4n) is 1.85. The van der Waals surface area contributed by atoms with Gasteiger partial charge in [-0.3, -0.25) is 4.18 Å². The average molecular weight is 386 g/mol. The Morgan fingerprint density at radius 3 is 2.65 bits per heavy atom. The Labute approximate surface area is 131 Å². The van der Waals surface area contributed by atoms with E-state index in [1.807, 2.05) is 12.1 Å². The summed E-state index contributed by atoms with van der Waals surface area (Å²) < 4.78 is 38.2. The van der Waals surface area contributed by atoms with Crippen molar-refractivity contribution < 1.29 is 22.1 Å². The molecular formula is C12H14BrClO5S. The van der Waals surface area contributed by atoms with Crippen LogP contribution in [0.1, 0.15) is 5.56 Å². The molecule has 0 aliphatic carbocycles. The van der Waals surface area contributed by atoms with Gasteiger partial charge in [-0.05, 0) is 12.1 Å². The van der Waals surface area contributed by atoms with Gasteiger partial charge in [-0.15, -0.1) is 0 Å². The SMILES string of the molecule is CS(=O)(=O)OC[C@H]1CO[C@@](CBr)(c2ccc(Cl)cc2)O1. The first-order chi connectivity index (χ1) is 9.35. The Hall–Kier alpha value is -0.180. The van der Waals surface area contributed by atoms with Gasteiger partial charge in [-0.1, -0.05) is 39.7 Å². The second-order valence-corrected chi connectivity index (χ2v) is 7.07. The van der Waals surface area contributed by atoms with E-state index in [0.717, 1.165) is 11.8 Å². The van der Waals surface area contributed by atoms with Gasteiger partial charge in [-0.2, -0.15) is 8.42 Å². The number of hydrogen-bond acceptors (Lipinski definition) is 5. The number of alkyl halides is 1. The number of halogens is 2. The van der Waals surface area contributed by atoms with E-state index in [0.29, 0.717) is 10.4 Å². The molecule has 0 saturated carbocycles. The molecular weight excluding hydrogens is 372 g/mol. The third-order valence-corrected chi connectivity index (χ3v) is 4.34. The average Bonchev–Trinajstić information content (AvgIpc) is 2.81. The summed E-state index contributed by atoms with van der Waals surface area (Å²) in [7, 11) is -3.49. The Balaban J connectivity index is 2.09. The van der Waals surface area contributed by atoms with Crippen molar-refractivity contribution in [3.05, 3.63) is 34.9 Å². The van der Waals surface area contributed by atoms with Crippen LogP contribution in [0, 0.1) is 0 Å². The second-order valence-electron chi connectivity index (χ2n) is 4.43. The molecule has 0 radical (unpaired) electrons. The van der Waals surface area contributed by atoms with Crippen molar-refractivity contribution in [2.75, 3.05) is 24.8 Å². The van der Waals surface area contributed by atoms with Crippen molar-refractivity contribution in [1.82, 2.24) is 0 Å². The number of rotatable bonds is 5. The van der Waals surface area contributed by atoms with Crippen molar-refractivity contribution in [2.45, 2.75) is 11.9 Å². The highest BCUT2D eigenvalue weighted by Crippen LogP contribution is 2.36. The first kappa shape index (κ1) is 16.2. The largest absolute Gasteiger partial charge is 0.342 e. The summed E-state index contributed by atoms with van der Waals surface area (Å²) >= 11 is 9.22. The lowest BCUT2D eigenvalue weighted by molar-refractivity contribution is -0.159.